The van der Waals surface area contributed by atoms with Gasteiger partial charge in [-0.1, -0.05) is 0 Å². The molecule has 0 radical (unpaired) electrons. The van der Waals surface area contributed by atoms with Gasteiger partial charge in [-0.2, -0.15) is 0 Å². The van der Waals surface area contributed by atoms with Crippen LogP contribution in [0.5, 0.6) is 5.75 Å². The molecule has 0 spiro atoms. The van der Waals surface area contributed by atoms with Crippen LogP contribution in [0.15, 0.2) is 24.3 Å². The highest BCUT2D eigenvalue weighted by Crippen LogP contribution is 2.28. The average Bonchev–Trinajstić information content (AvgIpc) is 2.49. The Kier molecular flexibility index (Phi) is 5.20. The van der Waals surface area contributed by atoms with Gasteiger partial charge in [-0.25, -0.2) is 4.79 Å². The van der Waals surface area contributed by atoms with Gasteiger partial charge in [0.15, 0.2) is 0 Å². The zero-order chi connectivity index (χ0) is 15.2. The maximum absolute atomic E-state index is 11.6. The lowest BCUT2D eigenvalue weighted by Gasteiger charge is -2.27. The molecule has 1 N–H and O–H groups in total. The van der Waals surface area contributed by atoms with Crippen LogP contribution in [-0.2, 0) is 9.53 Å². The normalized spacial score (nSPS) is 21.6. The molecule has 0 bridgehead atoms. The van der Waals surface area contributed by atoms with Gasteiger partial charge in [0.25, 0.3) is 0 Å². The molecule has 0 amide bonds. The number of benzene rings is 1. The summed E-state index contributed by atoms with van der Waals surface area (Å²) in [5.41, 5.74) is 0.244. The van der Waals surface area contributed by atoms with E-state index in [0.29, 0.717) is 12.4 Å². The second kappa shape index (κ2) is 7.11. The summed E-state index contributed by atoms with van der Waals surface area (Å²) in [6.07, 6.45) is 3.24. The van der Waals surface area contributed by atoms with Crippen LogP contribution in [0.2, 0.25) is 0 Å². The maximum Gasteiger partial charge on any atom is 0.335 e. The number of carboxylic acids is 1. The fourth-order valence-electron chi connectivity index (χ4n) is 2.55. The summed E-state index contributed by atoms with van der Waals surface area (Å²) < 4.78 is 10.9. The van der Waals surface area contributed by atoms with Crippen LogP contribution in [0.4, 0.5) is 0 Å². The Labute approximate surface area is 123 Å². The summed E-state index contributed by atoms with van der Waals surface area (Å²) in [6, 6.07) is 6.39. The van der Waals surface area contributed by atoms with E-state index in [1.165, 1.54) is 12.1 Å². The molecule has 1 aliphatic rings. The highest BCUT2D eigenvalue weighted by molar-refractivity contribution is 5.87. The number of aromatic carboxylic acids is 1. The molecule has 1 fully saturated rings. The predicted octanol–water partition coefficient (Wildman–Crippen LogP) is 2.89. The zero-order valence-electron chi connectivity index (χ0n) is 12.1. The van der Waals surface area contributed by atoms with Crippen LogP contribution in [0, 0.1) is 5.92 Å². The van der Waals surface area contributed by atoms with Gasteiger partial charge in [0.05, 0.1) is 24.2 Å². The first-order chi connectivity index (χ1) is 10.1. The van der Waals surface area contributed by atoms with Gasteiger partial charge in [-0.15, -0.1) is 0 Å². The number of rotatable bonds is 5. The molecule has 1 aromatic carbocycles. The summed E-state index contributed by atoms with van der Waals surface area (Å²) in [4.78, 5) is 22.4. The van der Waals surface area contributed by atoms with Gasteiger partial charge in [0, 0.05) is 0 Å². The van der Waals surface area contributed by atoms with E-state index in [9.17, 15) is 9.59 Å². The van der Waals surface area contributed by atoms with Crippen molar-refractivity contribution in [2.24, 2.45) is 5.92 Å². The average molecular weight is 292 g/mol. The number of ether oxygens (including phenoxy) is 2. The molecule has 0 atom stereocenters. The Morgan fingerprint density at radius 3 is 2.29 bits per heavy atom. The molecule has 0 heterocycles. The molecule has 1 saturated carbocycles. The molecule has 0 saturated heterocycles. The number of hydrogen-bond donors (Lipinski definition) is 1. The SMILES string of the molecule is CCOC(=O)[C@H]1CC[C@H](Oc2ccc(C(=O)O)cc2)CC1. The third kappa shape index (κ3) is 4.21. The van der Waals surface area contributed by atoms with Gasteiger partial charge in [0.2, 0.25) is 0 Å². The van der Waals surface area contributed by atoms with E-state index >= 15 is 0 Å². The van der Waals surface area contributed by atoms with E-state index < -0.39 is 5.97 Å². The summed E-state index contributed by atoms with van der Waals surface area (Å²) in [6.45, 7) is 2.23. The Morgan fingerprint density at radius 2 is 1.76 bits per heavy atom. The van der Waals surface area contributed by atoms with Crippen LogP contribution in [0.1, 0.15) is 43.0 Å². The molecule has 1 aromatic rings. The van der Waals surface area contributed by atoms with E-state index in [1.807, 2.05) is 6.92 Å². The quantitative estimate of drug-likeness (QED) is 0.845. The van der Waals surface area contributed by atoms with Gasteiger partial charge in [0.1, 0.15) is 5.75 Å². The molecular weight excluding hydrogens is 272 g/mol. The maximum atomic E-state index is 11.6. The molecule has 5 heteroatoms. The minimum atomic E-state index is -0.948. The first kappa shape index (κ1) is 15.4. The van der Waals surface area contributed by atoms with Crippen LogP contribution in [0.25, 0.3) is 0 Å². The second-order valence-corrected chi connectivity index (χ2v) is 5.17. The predicted molar refractivity (Wildman–Crippen MR) is 76.4 cm³/mol. The molecule has 0 aromatic heterocycles. The van der Waals surface area contributed by atoms with Gasteiger partial charge in [-0.3, -0.25) is 4.79 Å². The highest BCUT2D eigenvalue weighted by atomic mass is 16.5. The monoisotopic (exact) mass is 292 g/mol. The molecule has 0 unspecified atom stereocenters. The minimum absolute atomic E-state index is 0.0146. The van der Waals surface area contributed by atoms with Crippen LogP contribution >= 0.6 is 0 Å². The van der Waals surface area contributed by atoms with E-state index in [4.69, 9.17) is 14.6 Å². The van der Waals surface area contributed by atoms with Gasteiger partial charge >= 0.3 is 11.9 Å². The first-order valence-electron chi connectivity index (χ1n) is 7.26. The number of carbonyl (C=O) groups is 2. The molecular formula is C16H20O5. The summed E-state index contributed by atoms with van der Waals surface area (Å²) in [5, 5.41) is 8.84. The summed E-state index contributed by atoms with van der Waals surface area (Å²) in [7, 11) is 0. The van der Waals surface area contributed by atoms with E-state index in [0.717, 1.165) is 25.7 Å². The third-order valence-corrected chi connectivity index (χ3v) is 3.70. The largest absolute Gasteiger partial charge is 0.490 e. The van der Waals surface area contributed by atoms with Crippen molar-refractivity contribution >= 4 is 11.9 Å². The third-order valence-electron chi connectivity index (χ3n) is 3.70. The van der Waals surface area contributed by atoms with Crippen molar-refractivity contribution in [2.75, 3.05) is 6.61 Å². The Balaban J connectivity index is 1.83. The van der Waals surface area contributed by atoms with Crippen LogP contribution in [-0.4, -0.2) is 29.8 Å². The smallest absolute Gasteiger partial charge is 0.335 e. The molecule has 21 heavy (non-hydrogen) atoms. The number of carbonyl (C=O) groups excluding carboxylic acids is 1. The molecule has 2 rings (SSSR count). The lowest BCUT2D eigenvalue weighted by Crippen LogP contribution is -2.29. The van der Waals surface area contributed by atoms with Crippen LogP contribution < -0.4 is 4.74 Å². The van der Waals surface area contributed by atoms with Gasteiger partial charge in [-0.05, 0) is 56.9 Å². The molecule has 0 aliphatic heterocycles. The van der Waals surface area contributed by atoms with Crippen molar-refractivity contribution in [3.05, 3.63) is 29.8 Å². The minimum Gasteiger partial charge on any atom is -0.490 e. The Hall–Kier alpha value is -2.04. The number of hydrogen-bond acceptors (Lipinski definition) is 4. The zero-order valence-corrected chi connectivity index (χ0v) is 12.1. The van der Waals surface area contributed by atoms with Crippen molar-refractivity contribution in [3.8, 4) is 5.75 Å². The molecule has 5 nitrogen and oxygen atoms in total. The first-order valence-corrected chi connectivity index (χ1v) is 7.26. The summed E-state index contributed by atoms with van der Waals surface area (Å²) in [5.74, 6) is -0.406. The Bertz CT molecular complexity index is 486. The molecule has 1 aliphatic carbocycles. The van der Waals surface area contributed by atoms with Crippen LogP contribution in [0.3, 0.4) is 0 Å². The van der Waals surface area contributed by atoms with Crippen molar-refractivity contribution in [2.45, 2.75) is 38.7 Å². The second-order valence-electron chi connectivity index (χ2n) is 5.17. The summed E-state index contributed by atoms with van der Waals surface area (Å²) >= 11 is 0. The van der Waals surface area contributed by atoms with Gasteiger partial charge < -0.3 is 14.6 Å². The fourth-order valence-corrected chi connectivity index (χ4v) is 2.55. The standard InChI is InChI=1S/C16H20O5/c1-2-20-16(19)12-5-9-14(10-6-12)21-13-7-3-11(4-8-13)15(17)18/h3-4,7-8,12,14H,2,5-6,9-10H2,1H3,(H,17,18)/t12-,14-. The lowest BCUT2D eigenvalue weighted by molar-refractivity contribution is -0.149. The van der Waals surface area contributed by atoms with E-state index in [1.54, 1.807) is 12.1 Å². The van der Waals surface area contributed by atoms with Crippen molar-refractivity contribution < 1.29 is 24.2 Å². The van der Waals surface area contributed by atoms with E-state index in [2.05, 4.69) is 0 Å². The van der Waals surface area contributed by atoms with Crippen molar-refractivity contribution in [1.29, 1.82) is 0 Å². The van der Waals surface area contributed by atoms with Crippen molar-refractivity contribution in [3.63, 3.8) is 0 Å². The number of carboxylic acid groups (broad SMARTS) is 1. The fraction of sp³-hybridized carbons (Fsp3) is 0.500. The Morgan fingerprint density at radius 1 is 1.14 bits per heavy atom. The van der Waals surface area contributed by atoms with Crippen molar-refractivity contribution in [1.82, 2.24) is 0 Å². The van der Waals surface area contributed by atoms with E-state index in [-0.39, 0.29) is 23.6 Å². The highest BCUT2D eigenvalue weighted by Gasteiger charge is 2.28. The number of esters is 1. The topological polar surface area (TPSA) is 72.8 Å². The lowest BCUT2D eigenvalue weighted by atomic mass is 9.87. The molecule has 114 valence electrons.